The van der Waals surface area contributed by atoms with E-state index in [1.54, 1.807) is 0 Å². The van der Waals surface area contributed by atoms with Crippen LogP contribution in [0.15, 0.2) is 27.6 Å². The van der Waals surface area contributed by atoms with Crippen molar-refractivity contribution >= 4 is 33.7 Å². The van der Waals surface area contributed by atoms with E-state index in [0.29, 0.717) is 11.8 Å². The summed E-state index contributed by atoms with van der Waals surface area (Å²) in [5.41, 5.74) is 0.833. The summed E-state index contributed by atoms with van der Waals surface area (Å²) in [5, 5.41) is 3.50. The molecule has 1 saturated carbocycles. The zero-order valence-corrected chi connectivity index (χ0v) is 15.1. The van der Waals surface area contributed by atoms with Gasteiger partial charge in [-0.05, 0) is 51.3 Å². The highest BCUT2D eigenvalue weighted by molar-refractivity contribution is 9.10. The predicted molar refractivity (Wildman–Crippen MR) is 90.6 cm³/mol. The zero-order valence-electron chi connectivity index (χ0n) is 12.7. The van der Waals surface area contributed by atoms with Gasteiger partial charge in [-0.15, -0.1) is 11.8 Å². The van der Waals surface area contributed by atoms with E-state index >= 15 is 0 Å². The molecule has 1 N–H and O–H groups in total. The van der Waals surface area contributed by atoms with Gasteiger partial charge in [0, 0.05) is 22.0 Å². The molecule has 0 radical (unpaired) electrons. The predicted octanol–water partition coefficient (Wildman–Crippen LogP) is 4.13. The number of carbonyl (C=O) groups is 1. The molecular weight excluding hydrogens is 350 g/mol. The fraction of sp³-hybridized carbons (Fsp3) is 0.562. The molecule has 5 heteroatoms. The van der Waals surface area contributed by atoms with Crippen molar-refractivity contribution in [3.63, 3.8) is 0 Å². The van der Waals surface area contributed by atoms with Gasteiger partial charge in [0.1, 0.15) is 5.60 Å². The van der Waals surface area contributed by atoms with Crippen molar-refractivity contribution in [1.29, 1.82) is 0 Å². The number of ether oxygens (including phenoxy) is 1. The van der Waals surface area contributed by atoms with E-state index in [1.807, 2.05) is 20.8 Å². The van der Waals surface area contributed by atoms with Crippen LogP contribution in [0.4, 0.5) is 0 Å². The third kappa shape index (κ3) is 6.41. The summed E-state index contributed by atoms with van der Waals surface area (Å²) in [6.45, 7) is 6.54. The zero-order chi connectivity index (χ0) is 15.5. The third-order valence-corrected chi connectivity index (χ3v) is 4.67. The molecule has 116 valence electrons. The van der Waals surface area contributed by atoms with Crippen LogP contribution < -0.4 is 5.32 Å². The number of hydrogen-bond donors (Lipinski definition) is 1. The molecule has 1 aliphatic carbocycles. The van der Waals surface area contributed by atoms with E-state index < -0.39 is 5.60 Å². The van der Waals surface area contributed by atoms with Crippen LogP contribution in [-0.2, 0) is 16.1 Å². The summed E-state index contributed by atoms with van der Waals surface area (Å²) in [7, 11) is 0. The monoisotopic (exact) mass is 371 g/mol. The maximum Gasteiger partial charge on any atom is 0.316 e. The van der Waals surface area contributed by atoms with Crippen molar-refractivity contribution in [3.05, 3.63) is 28.2 Å². The standard InChI is InChI=1S/C16H22BrNO2S/c1-16(2,3)20-15(19)10-21-13-7-4-11(14(17)8-13)9-18-12-5-6-12/h4,7-8,12,18H,5-6,9-10H2,1-3H3. The first kappa shape index (κ1) is 16.8. The van der Waals surface area contributed by atoms with Gasteiger partial charge in [-0.25, -0.2) is 0 Å². The number of carbonyl (C=O) groups excluding carboxylic acids is 1. The Bertz CT molecular complexity index is 509. The quantitative estimate of drug-likeness (QED) is 0.602. The van der Waals surface area contributed by atoms with Gasteiger partial charge >= 0.3 is 5.97 Å². The van der Waals surface area contributed by atoms with Gasteiger partial charge in [0.2, 0.25) is 0 Å². The van der Waals surface area contributed by atoms with Crippen LogP contribution in [0.1, 0.15) is 39.2 Å². The topological polar surface area (TPSA) is 38.3 Å². The van der Waals surface area contributed by atoms with E-state index in [2.05, 4.69) is 39.4 Å². The maximum atomic E-state index is 11.7. The van der Waals surface area contributed by atoms with Gasteiger partial charge < -0.3 is 10.1 Å². The Hall–Kier alpha value is -0.520. The minimum absolute atomic E-state index is 0.178. The van der Waals surface area contributed by atoms with E-state index in [0.717, 1.165) is 15.9 Å². The molecule has 0 aromatic heterocycles. The number of hydrogen-bond acceptors (Lipinski definition) is 4. The maximum absolute atomic E-state index is 11.7. The molecule has 0 heterocycles. The van der Waals surface area contributed by atoms with Crippen molar-refractivity contribution in [3.8, 4) is 0 Å². The summed E-state index contributed by atoms with van der Waals surface area (Å²) in [4.78, 5) is 12.8. The molecular formula is C16H22BrNO2S. The Labute approximate surface area is 139 Å². The van der Waals surface area contributed by atoms with Crippen LogP contribution >= 0.6 is 27.7 Å². The smallest absolute Gasteiger partial charge is 0.316 e. The van der Waals surface area contributed by atoms with Gasteiger partial charge in [0.15, 0.2) is 0 Å². The highest BCUT2D eigenvalue weighted by Gasteiger charge is 2.20. The minimum Gasteiger partial charge on any atom is -0.459 e. The average Bonchev–Trinajstić information content (AvgIpc) is 3.17. The highest BCUT2D eigenvalue weighted by atomic mass is 79.9. The van der Waals surface area contributed by atoms with Crippen molar-refractivity contribution in [2.75, 3.05) is 5.75 Å². The van der Waals surface area contributed by atoms with Crippen LogP contribution in [-0.4, -0.2) is 23.4 Å². The molecule has 1 aliphatic rings. The second kappa shape index (κ2) is 7.16. The minimum atomic E-state index is -0.420. The van der Waals surface area contributed by atoms with Crippen molar-refractivity contribution < 1.29 is 9.53 Å². The molecule has 0 amide bonds. The lowest BCUT2D eigenvalue weighted by molar-refractivity contribution is -0.151. The number of nitrogens with one attached hydrogen (secondary N) is 1. The fourth-order valence-corrected chi connectivity index (χ4v) is 3.20. The largest absolute Gasteiger partial charge is 0.459 e. The summed E-state index contributed by atoms with van der Waals surface area (Å²) in [6.07, 6.45) is 2.59. The number of halogens is 1. The van der Waals surface area contributed by atoms with Crippen molar-refractivity contribution in [1.82, 2.24) is 5.32 Å². The molecule has 0 spiro atoms. The molecule has 0 bridgehead atoms. The normalized spacial score (nSPS) is 15.0. The molecule has 1 aromatic rings. The summed E-state index contributed by atoms with van der Waals surface area (Å²) >= 11 is 5.11. The van der Waals surface area contributed by atoms with E-state index in [4.69, 9.17) is 4.74 Å². The van der Waals surface area contributed by atoms with E-state index in [1.165, 1.54) is 30.2 Å². The van der Waals surface area contributed by atoms with Crippen molar-refractivity contribution in [2.24, 2.45) is 0 Å². The lowest BCUT2D eigenvalue weighted by atomic mass is 10.2. The summed E-state index contributed by atoms with van der Waals surface area (Å²) in [6, 6.07) is 6.94. The Balaban J connectivity index is 1.83. The molecule has 0 atom stereocenters. The second-order valence-corrected chi connectivity index (χ2v) is 8.19. The summed E-state index contributed by atoms with van der Waals surface area (Å²) < 4.78 is 6.39. The van der Waals surface area contributed by atoms with Crippen LogP contribution in [0.2, 0.25) is 0 Å². The molecule has 21 heavy (non-hydrogen) atoms. The Morgan fingerprint density at radius 1 is 1.43 bits per heavy atom. The molecule has 2 rings (SSSR count). The Morgan fingerprint density at radius 2 is 2.14 bits per heavy atom. The number of thioether (sulfide) groups is 1. The van der Waals surface area contributed by atoms with Gasteiger partial charge in [-0.2, -0.15) is 0 Å². The molecule has 3 nitrogen and oxygen atoms in total. The first-order chi connectivity index (χ1) is 9.83. The van der Waals surface area contributed by atoms with Gasteiger partial charge in [-0.1, -0.05) is 22.0 Å². The molecule has 0 unspecified atom stereocenters. The van der Waals surface area contributed by atoms with Crippen molar-refractivity contribution in [2.45, 2.75) is 56.7 Å². The van der Waals surface area contributed by atoms with Gasteiger partial charge in [0.25, 0.3) is 0 Å². The second-order valence-electron chi connectivity index (χ2n) is 6.28. The van der Waals surface area contributed by atoms with Crippen LogP contribution in [0.5, 0.6) is 0 Å². The lowest BCUT2D eigenvalue weighted by Gasteiger charge is -2.19. The number of rotatable bonds is 6. The number of benzene rings is 1. The molecule has 1 aromatic carbocycles. The summed E-state index contributed by atoms with van der Waals surface area (Å²) in [5.74, 6) is 0.159. The Kier molecular flexibility index (Phi) is 5.74. The SMILES string of the molecule is CC(C)(C)OC(=O)CSc1ccc(CNC2CC2)c(Br)c1. The lowest BCUT2D eigenvalue weighted by Crippen LogP contribution is -2.24. The first-order valence-electron chi connectivity index (χ1n) is 7.20. The van der Waals surface area contributed by atoms with Gasteiger partial charge in [-0.3, -0.25) is 4.79 Å². The Morgan fingerprint density at radius 3 is 2.71 bits per heavy atom. The van der Waals surface area contributed by atoms with Crippen LogP contribution in [0.25, 0.3) is 0 Å². The van der Waals surface area contributed by atoms with E-state index in [-0.39, 0.29) is 5.97 Å². The van der Waals surface area contributed by atoms with E-state index in [9.17, 15) is 4.79 Å². The highest BCUT2D eigenvalue weighted by Crippen LogP contribution is 2.27. The van der Waals surface area contributed by atoms with Crippen LogP contribution in [0, 0.1) is 0 Å². The first-order valence-corrected chi connectivity index (χ1v) is 8.98. The molecule has 1 fully saturated rings. The third-order valence-electron chi connectivity index (χ3n) is 2.96. The molecule has 0 saturated heterocycles. The van der Waals surface area contributed by atoms with Crippen LogP contribution in [0.3, 0.4) is 0 Å². The fourth-order valence-electron chi connectivity index (χ4n) is 1.82. The molecule has 0 aliphatic heterocycles. The average molecular weight is 372 g/mol. The van der Waals surface area contributed by atoms with Gasteiger partial charge in [0.05, 0.1) is 5.75 Å². The number of esters is 1.